The number of aryl methyl sites for hydroxylation is 4. The molecule has 0 aliphatic carbocycles. The van der Waals surface area contributed by atoms with Gasteiger partial charge in [0.25, 0.3) is 11.1 Å². The smallest absolute Gasteiger partial charge is 0.331 e. The van der Waals surface area contributed by atoms with Crippen LogP contribution in [0.15, 0.2) is 79.8 Å². The number of benzene rings is 3. The molecule has 11 nitrogen and oxygen atoms in total. The van der Waals surface area contributed by atoms with Crippen LogP contribution in [0.2, 0.25) is 0 Å². The maximum atomic E-state index is 12.6. The van der Waals surface area contributed by atoms with E-state index >= 15 is 0 Å². The van der Waals surface area contributed by atoms with Crippen molar-refractivity contribution in [1.29, 1.82) is 5.26 Å². The number of hydrogen-bond acceptors (Lipinski definition) is 7. The number of hydrogen-bond donors (Lipinski definition) is 3. The number of nitrogens with one attached hydrogen (secondary N) is 3. The fourth-order valence-corrected chi connectivity index (χ4v) is 5.21. The molecule has 2 heterocycles. The normalized spacial score (nSPS) is 10.5. The van der Waals surface area contributed by atoms with Crippen LogP contribution in [-0.4, -0.2) is 19.5 Å². The molecular formula is C36H37N5O6. The van der Waals surface area contributed by atoms with Gasteiger partial charge in [0.05, 0.1) is 29.3 Å². The summed E-state index contributed by atoms with van der Waals surface area (Å²) in [5.74, 6) is 1.57. The summed E-state index contributed by atoms with van der Waals surface area (Å²) < 4.78 is 13.1. The lowest BCUT2D eigenvalue weighted by Gasteiger charge is -2.17. The Hall–Kier alpha value is -5.89. The van der Waals surface area contributed by atoms with Crippen LogP contribution in [-0.2, 0) is 19.4 Å². The van der Waals surface area contributed by atoms with Gasteiger partial charge < -0.3 is 9.47 Å². The number of rotatable bonds is 8. The van der Waals surface area contributed by atoms with Crippen molar-refractivity contribution in [3.63, 3.8) is 0 Å². The highest BCUT2D eigenvalue weighted by Crippen LogP contribution is 2.26. The third-order valence-corrected chi connectivity index (χ3v) is 7.24. The second-order valence-corrected chi connectivity index (χ2v) is 11.2. The first-order valence-electron chi connectivity index (χ1n) is 15.1. The molecule has 242 valence electrons. The third-order valence-electron chi connectivity index (χ3n) is 7.24. The van der Waals surface area contributed by atoms with Gasteiger partial charge in [-0.2, -0.15) is 5.26 Å². The lowest BCUT2D eigenvalue weighted by molar-refractivity contribution is 0.413. The SMILES string of the molecule is CCc1c(Oc2cc(C)cc(C)c2)[nH]c(=O)[nH]c1=O.CCc1c(Oc2cc(C)cc(C)c2)n(Cc2ccccc2C#N)c(=O)[nH]c1=O. The van der Waals surface area contributed by atoms with Crippen molar-refractivity contribution in [2.75, 3.05) is 0 Å². The molecule has 0 saturated carbocycles. The summed E-state index contributed by atoms with van der Waals surface area (Å²) in [5.41, 5.74) is 4.08. The molecule has 11 heteroatoms. The van der Waals surface area contributed by atoms with Crippen LogP contribution >= 0.6 is 0 Å². The second-order valence-electron chi connectivity index (χ2n) is 11.2. The highest BCUT2D eigenvalue weighted by Gasteiger charge is 2.18. The molecular weight excluding hydrogens is 598 g/mol. The summed E-state index contributed by atoms with van der Waals surface area (Å²) in [4.78, 5) is 55.0. The number of ether oxygens (including phenoxy) is 2. The first-order chi connectivity index (χ1) is 22.4. The summed E-state index contributed by atoms with van der Waals surface area (Å²) >= 11 is 0. The number of aromatic nitrogens is 4. The van der Waals surface area contributed by atoms with Gasteiger partial charge in [0.15, 0.2) is 0 Å². The zero-order valence-electron chi connectivity index (χ0n) is 27.2. The van der Waals surface area contributed by atoms with E-state index in [1.165, 1.54) is 4.57 Å². The average molecular weight is 636 g/mol. The van der Waals surface area contributed by atoms with Crippen molar-refractivity contribution in [2.24, 2.45) is 0 Å². The summed E-state index contributed by atoms with van der Waals surface area (Å²) in [6, 6.07) is 20.6. The van der Waals surface area contributed by atoms with E-state index in [1.54, 1.807) is 24.3 Å². The molecule has 47 heavy (non-hydrogen) atoms. The van der Waals surface area contributed by atoms with Gasteiger partial charge in [-0.3, -0.25) is 29.1 Å². The Morgan fingerprint density at radius 2 is 1.23 bits per heavy atom. The summed E-state index contributed by atoms with van der Waals surface area (Å²) in [6.45, 7) is 11.6. The molecule has 0 aliphatic heterocycles. The van der Waals surface area contributed by atoms with Crippen LogP contribution in [0.1, 0.15) is 58.4 Å². The second kappa shape index (κ2) is 14.9. The van der Waals surface area contributed by atoms with Gasteiger partial charge in [0, 0.05) is 0 Å². The Morgan fingerprint density at radius 3 is 1.79 bits per heavy atom. The average Bonchev–Trinajstić information content (AvgIpc) is 2.98. The zero-order valence-corrected chi connectivity index (χ0v) is 27.2. The molecule has 0 unspecified atom stereocenters. The van der Waals surface area contributed by atoms with E-state index in [0.29, 0.717) is 46.6 Å². The van der Waals surface area contributed by atoms with E-state index in [-0.39, 0.29) is 18.3 Å². The summed E-state index contributed by atoms with van der Waals surface area (Å²) in [7, 11) is 0. The van der Waals surface area contributed by atoms with Crippen LogP contribution in [0.25, 0.3) is 0 Å². The predicted molar refractivity (Wildman–Crippen MR) is 180 cm³/mol. The molecule has 5 rings (SSSR count). The Bertz CT molecular complexity index is 2160. The molecule has 0 saturated heterocycles. The van der Waals surface area contributed by atoms with Gasteiger partial charge in [-0.1, -0.05) is 44.2 Å². The molecule has 3 aromatic carbocycles. The number of nitrogens with zero attached hydrogens (tertiary/aromatic N) is 2. The van der Waals surface area contributed by atoms with Crippen LogP contribution in [0.4, 0.5) is 0 Å². The third kappa shape index (κ3) is 8.43. The Labute approximate surface area is 271 Å². The minimum atomic E-state index is -0.575. The van der Waals surface area contributed by atoms with Crippen LogP contribution in [0.5, 0.6) is 23.3 Å². The zero-order chi connectivity index (χ0) is 34.2. The maximum absolute atomic E-state index is 12.6. The van der Waals surface area contributed by atoms with E-state index < -0.39 is 22.5 Å². The van der Waals surface area contributed by atoms with Gasteiger partial charge >= 0.3 is 11.4 Å². The first kappa shape index (κ1) is 34.0. The topological polar surface area (TPSA) is 163 Å². The van der Waals surface area contributed by atoms with Gasteiger partial charge in [-0.15, -0.1) is 0 Å². The fourth-order valence-electron chi connectivity index (χ4n) is 5.21. The lowest BCUT2D eigenvalue weighted by Crippen LogP contribution is -2.33. The summed E-state index contributed by atoms with van der Waals surface area (Å²) in [5, 5.41) is 9.35. The molecule has 5 aromatic rings. The molecule has 0 aliphatic rings. The molecule has 0 radical (unpaired) electrons. The van der Waals surface area contributed by atoms with Gasteiger partial charge in [0.1, 0.15) is 11.5 Å². The largest absolute Gasteiger partial charge is 0.440 e. The van der Waals surface area contributed by atoms with E-state index in [0.717, 1.165) is 22.3 Å². The van der Waals surface area contributed by atoms with Crippen LogP contribution in [0.3, 0.4) is 0 Å². The minimum Gasteiger partial charge on any atom is -0.440 e. The standard InChI is InChI=1S/C22H21N3O3.C14H16N2O3/c1-4-19-20(26)24-22(27)25(13-17-8-6-5-7-16(17)12-23)21(19)28-18-10-14(2)9-15(3)11-18;1-4-11-12(17)15-14(18)16-13(11)19-10-6-8(2)5-9(3)7-10/h5-11H,4,13H2,1-3H3,(H,24,26,27);5-7H,4H2,1-3H3,(H2,15,16,17,18). The van der Waals surface area contributed by atoms with Gasteiger partial charge in [0.2, 0.25) is 11.8 Å². The highest BCUT2D eigenvalue weighted by molar-refractivity contribution is 5.40. The van der Waals surface area contributed by atoms with E-state index in [2.05, 4.69) is 21.0 Å². The Morgan fingerprint density at radius 1 is 0.702 bits per heavy atom. The molecule has 0 spiro atoms. The van der Waals surface area contributed by atoms with E-state index in [9.17, 15) is 24.4 Å². The number of H-pyrrole nitrogens is 3. The van der Waals surface area contributed by atoms with E-state index in [1.807, 2.05) is 77.9 Å². The van der Waals surface area contributed by atoms with Gasteiger partial charge in [-0.25, -0.2) is 9.59 Å². The molecule has 0 bridgehead atoms. The van der Waals surface area contributed by atoms with Crippen molar-refractivity contribution in [3.8, 4) is 29.3 Å². The van der Waals surface area contributed by atoms with Crippen molar-refractivity contribution in [3.05, 3.63) is 147 Å². The Kier molecular flexibility index (Phi) is 10.8. The molecule has 0 fully saturated rings. The fraction of sp³-hybridized carbons (Fsp3) is 0.250. The van der Waals surface area contributed by atoms with Crippen LogP contribution < -0.4 is 32.0 Å². The predicted octanol–water partition coefficient (Wildman–Crippen LogP) is 5.46. The van der Waals surface area contributed by atoms with Crippen molar-refractivity contribution >= 4 is 0 Å². The molecule has 2 aromatic heterocycles. The molecule has 0 amide bonds. The molecule has 0 atom stereocenters. The first-order valence-corrected chi connectivity index (χ1v) is 15.1. The lowest BCUT2D eigenvalue weighted by atomic mass is 10.1. The van der Waals surface area contributed by atoms with Crippen molar-refractivity contribution < 1.29 is 9.47 Å². The number of aromatic amines is 3. The number of nitriles is 1. The molecule has 3 N–H and O–H groups in total. The minimum absolute atomic E-state index is 0.118. The highest BCUT2D eigenvalue weighted by atomic mass is 16.5. The van der Waals surface area contributed by atoms with Crippen molar-refractivity contribution in [2.45, 2.75) is 60.9 Å². The quantitative estimate of drug-likeness (QED) is 0.204. The van der Waals surface area contributed by atoms with E-state index in [4.69, 9.17) is 9.47 Å². The van der Waals surface area contributed by atoms with Gasteiger partial charge in [-0.05, 0) is 98.7 Å². The van der Waals surface area contributed by atoms with Crippen LogP contribution in [0, 0.1) is 39.0 Å². The van der Waals surface area contributed by atoms with Crippen molar-refractivity contribution in [1.82, 2.24) is 19.5 Å². The monoisotopic (exact) mass is 635 g/mol. The summed E-state index contributed by atoms with van der Waals surface area (Å²) in [6.07, 6.45) is 0.877. The Balaban J connectivity index is 0.000000229. The maximum Gasteiger partial charge on any atom is 0.331 e.